The molecule has 2 aromatic heterocycles. The molecule has 0 unspecified atom stereocenters. The minimum absolute atomic E-state index is 0.162. The zero-order valence-electron chi connectivity index (χ0n) is 11.8. The first-order valence-corrected chi connectivity index (χ1v) is 6.56. The molecule has 0 aliphatic heterocycles. The molecule has 0 radical (unpaired) electrons. The summed E-state index contributed by atoms with van der Waals surface area (Å²) in [7, 11) is 0. The largest absolute Gasteiger partial charge is 0.319 e. The van der Waals surface area contributed by atoms with Gasteiger partial charge in [-0.05, 0) is 32.0 Å². The minimum Gasteiger partial charge on any atom is -0.319 e. The summed E-state index contributed by atoms with van der Waals surface area (Å²) in [4.78, 5) is 16.4. The first kappa shape index (κ1) is 13.1. The molecule has 3 aromatic rings. The van der Waals surface area contributed by atoms with Crippen molar-refractivity contribution in [2.24, 2.45) is 0 Å². The van der Waals surface area contributed by atoms with Crippen molar-refractivity contribution < 1.29 is 4.79 Å². The highest BCUT2D eigenvalue weighted by Gasteiger charge is 2.12. The van der Waals surface area contributed by atoms with Gasteiger partial charge in [-0.2, -0.15) is 5.10 Å². The molecule has 0 bridgehead atoms. The first-order chi connectivity index (χ1) is 10.1. The van der Waals surface area contributed by atoms with E-state index in [1.807, 2.05) is 42.8 Å². The number of anilines is 1. The molecule has 2 heterocycles. The highest BCUT2D eigenvalue weighted by Crippen LogP contribution is 2.18. The van der Waals surface area contributed by atoms with Crippen molar-refractivity contribution in [3.63, 3.8) is 0 Å². The zero-order chi connectivity index (χ0) is 14.8. The van der Waals surface area contributed by atoms with Crippen LogP contribution < -0.4 is 5.32 Å². The van der Waals surface area contributed by atoms with E-state index >= 15 is 0 Å². The molecule has 0 saturated carbocycles. The van der Waals surface area contributed by atoms with Crippen molar-refractivity contribution >= 4 is 11.6 Å². The van der Waals surface area contributed by atoms with Crippen molar-refractivity contribution in [1.82, 2.24) is 19.7 Å². The minimum atomic E-state index is -0.162. The number of H-pyrrole nitrogens is 1. The Kier molecular flexibility index (Phi) is 3.27. The van der Waals surface area contributed by atoms with Crippen LogP contribution in [0.1, 0.15) is 21.7 Å². The number of amides is 1. The second-order valence-electron chi connectivity index (χ2n) is 4.78. The number of nitrogens with one attached hydrogen (secondary N) is 2. The van der Waals surface area contributed by atoms with E-state index in [1.54, 1.807) is 18.6 Å². The molecule has 2 N–H and O–H groups in total. The van der Waals surface area contributed by atoms with Gasteiger partial charge in [0.2, 0.25) is 0 Å². The Balaban J connectivity index is 1.87. The molecule has 0 aliphatic carbocycles. The molecule has 0 saturated heterocycles. The number of aromatic nitrogens is 4. The van der Waals surface area contributed by atoms with E-state index in [1.165, 1.54) is 0 Å². The van der Waals surface area contributed by atoms with Gasteiger partial charge in [-0.3, -0.25) is 9.89 Å². The van der Waals surface area contributed by atoms with Gasteiger partial charge >= 0.3 is 0 Å². The first-order valence-electron chi connectivity index (χ1n) is 6.56. The lowest BCUT2D eigenvalue weighted by Gasteiger charge is -2.07. The highest BCUT2D eigenvalue weighted by molar-refractivity contribution is 6.05. The van der Waals surface area contributed by atoms with Crippen LogP contribution in [0.2, 0.25) is 0 Å². The summed E-state index contributed by atoms with van der Waals surface area (Å²) >= 11 is 0. The van der Waals surface area contributed by atoms with Gasteiger partial charge in [0, 0.05) is 23.6 Å². The van der Waals surface area contributed by atoms with E-state index in [4.69, 9.17) is 0 Å². The van der Waals surface area contributed by atoms with Crippen LogP contribution in [0.5, 0.6) is 0 Å². The third kappa shape index (κ3) is 2.55. The maximum atomic E-state index is 12.4. The SMILES string of the molecule is Cc1n[nH]c(C)c1NC(=O)c1cccc(-n2ccnc2)c1. The Morgan fingerprint density at radius 1 is 1.33 bits per heavy atom. The molecule has 0 aliphatic rings. The lowest BCUT2D eigenvalue weighted by molar-refractivity contribution is 0.102. The molecule has 1 aromatic carbocycles. The number of aryl methyl sites for hydroxylation is 2. The number of benzene rings is 1. The van der Waals surface area contributed by atoms with Crippen molar-refractivity contribution in [3.8, 4) is 5.69 Å². The Bertz CT molecular complexity index is 754. The van der Waals surface area contributed by atoms with Crippen LogP contribution in [0.4, 0.5) is 5.69 Å². The van der Waals surface area contributed by atoms with Gasteiger partial charge in [0.15, 0.2) is 0 Å². The summed E-state index contributed by atoms with van der Waals surface area (Å²) in [6.07, 6.45) is 5.23. The fourth-order valence-corrected chi connectivity index (χ4v) is 2.14. The predicted molar refractivity (Wildman–Crippen MR) is 79.6 cm³/mol. The van der Waals surface area contributed by atoms with E-state index in [0.717, 1.165) is 22.8 Å². The quantitative estimate of drug-likeness (QED) is 0.774. The molecule has 0 spiro atoms. The lowest BCUT2D eigenvalue weighted by atomic mass is 10.1. The third-order valence-corrected chi connectivity index (χ3v) is 3.28. The maximum absolute atomic E-state index is 12.4. The van der Waals surface area contributed by atoms with Crippen LogP contribution in [0.3, 0.4) is 0 Å². The van der Waals surface area contributed by atoms with Crippen molar-refractivity contribution in [3.05, 3.63) is 59.9 Å². The Hall–Kier alpha value is -2.89. The van der Waals surface area contributed by atoms with E-state index in [-0.39, 0.29) is 5.91 Å². The molecule has 6 heteroatoms. The standard InChI is InChI=1S/C15H15N5O/c1-10-14(11(2)19-18-10)17-15(21)12-4-3-5-13(8-12)20-7-6-16-9-20/h3-9H,1-2H3,(H,17,21)(H,18,19). The van der Waals surface area contributed by atoms with Gasteiger partial charge < -0.3 is 9.88 Å². The highest BCUT2D eigenvalue weighted by atomic mass is 16.1. The number of aromatic amines is 1. The van der Waals surface area contributed by atoms with Crippen LogP contribution in [0.25, 0.3) is 5.69 Å². The summed E-state index contributed by atoms with van der Waals surface area (Å²) in [5.74, 6) is -0.162. The molecule has 1 amide bonds. The predicted octanol–water partition coefficient (Wildman–Crippen LogP) is 2.46. The second-order valence-corrected chi connectivity index (χ2v) is 4.78. The number of hydrogen-bond acceptors (Lipinski definition) is 3. The van der Waals surface area contributed by atoms with Gasteiger partial charge in [0.1, 0.15) is 0 Å². The molecule has 106 valence electrons. The fourth-order valence-electron chi connectivity index (χ4n) is 2.14. The number of rotatable bonds is 3. The van der Waals surface area contributed by atoms with Crippen molar-refractivity contribution in [1.29, 1.82) is 0 Å². The Morgan fingerprint density at radius 2 is 2.19 bits per heavy atom. The van der Waals surface area contributed by atoms with E-state index in [0.29, 0.717) is 5.56 Å². The van der Waals surface area contributed by atoms with Crippen LogP contribution in [0, 0.1) is 13.8 Å². The summed E-state index contributed by atoms with van der Waals surface area (Å²) in [5.41, 5.74) is 3.81. The Labute approximate surface area is 121 Å². The van der Waals surface area contributed by atoms with Gasteiger partial charge in [-0.25, -0.2) is 4.98 Å². The second kappa shape index (κ2) is 5.24. The lowest BCUT2D eigenvalue weighted by Crippen LogP contribution is -2.13. The number of imidazole rings is 1. The summed E-state index contributed by atoms with van der Waals surface area (Å²) in [6, 6.07) is 7.37. The van der Waals surface area contributed by atoms with E-state index < -0.39 is 0 Å². The monoisotopic (exact) mass is 281 g/mol. The zero-order valence-corrected chi connectivity index (χ0v) is 11.8. The van der Waals surface area contributed by atoms with E-state index in [2.05, 4.69) is 20.5 Å². The third-order valence-electron chi connectivity index (χ3n) is 3.28. The maximum Gasteiger partial charge on any atom is 0.255 e. The van der Waals surface area contributed by atoms with Gasteiger partial charge in [-0.15, -0.1) is 0 Å². The molecule has 0 atom stereocenters. The van der Waals surface area contributed by atoms with E-state index in [9.17, 15) is 4.79 Å². The number of nitrogens with zero attached hydrogens (tertiary/aromatic N) is 3. The average Bonchev–Trinajstić information content (AvgIpc) is 3.13. The van der Waals surface area contributed by atoms with Crippen LogP contribution >= 0.6 is 0 Å². The molecule has 6 nitrogen and oxygen atoms in total. The van der Waals surface area contributed by atoms with Gasteiger partial charge in [-0.1, -0.05) is 6.07 Å². The number of carbonyl (C=O) groups is 1. The fraction of sp³-hybridized carbons (Fsp3) is 0.133. The summed E-state index contributed by atoms with van der Waals surface area (Å²) in [6.45, 7) is 3.72. The summed E-state index contributed by atoms with van der Waals surface area (Å²) in [5, 5.41) is 9.81. The van der Waals surface area contributed by atoms with Crippen LogP contribution in [0.15, 0.2) is 43.0 Å². The normalized spacial score (nSPS) is 10.6. The smallest absolute Gasteiger partial charge is 0.255 e. The average molecular weight is 281 g/mol. The number of carbonyl (C=O) groups excluding carboxylic acids is 1. The molecular formula is C15H15N5O. The molecule has 21 heavy (non-hydrogen) atoms. The molecular weight excluding hydrogens is 266 g/mol. The Morgan fingerprint density at radius 3 is 2.86 bits per heavy atom. The topological polar surface area (TPSA) is 75.6 Å². The molecule has 0 fully saturated rings. The number of hydrogen-bond donors (Lipinski definition) is 2. The van der Waals surface area contributed by atoms with Crippen molar-refractivity contribution in [2.45, 2.75) is 13.8 Å². The van der Waals surface area contributed by atoms with Gasteiger partial charge in [0.05, 0.1) is 23.4 Å². The summed E-state index contributed by atoms with van der Waals surface area (Å²) < 4.78 is 1.85. The molecule has 3 rings (SSSR count). The van der Waals surface area contributed by atoms with Crippen LogP contribution in [-0.2, 0) is 0 Å². The van der Waals surface area contributed by atoms with Crippen molar-refractivity contribution in [2.75, 3.05) is 5.32 Å². The van der Waals surface area contributed by atoms with Gasteiger partial charge in [0.25, 0.3) is 5.91 Å². The van der Waals surface area contributed by atoms with Crippen LogP contribution in [-0.4, -0.2) is 25.7 Å².